The number of imide groups is 1. The summed E-state index contributed by atoms with van der Waals surface area (Å²) in [5, 5.41) is 2.39. The summed E-state index contributed by atoms with van der Waals surface area (Å²) in [6.07, 6.45) is -0.0313. The van der Waals surface area contributed by atoms with Crippen LogP contribution < -0.4 is 5.32 Å². The molecule has 0 saturated carbocycles. The molecule has 0 spiro atoms. The van der Waals surface area contributed by atoms with Gasteiger partial charge in [-0.2, -0.15) is 0 Å². The number of hydrogen-bond acceptors (Lipinski definition) is 6. The van der Waals surface area contributed by atoms with E-state index in [1.807, 2.05) is 0 Å². The van der Waals surface area contributed by atoms with E-state index in [2.05, 4.69) is 60.7 Å². The van der Waals surface area contributed by atoms with E-state index in [1.54, 1.807) is 4.90 Å². The lowest BCUT2D eigenvalue weighted by Crippen LogP contribution is -2.65. The van der Waals surface area contributed by atoms with Gasteiger partial charge < -0.3 is 17.7 Å². The number of nitrogens with one attached hydrogen (secondary N) is 1. The first-order valence-electron chi connectivity index (χ1n) is 11.7. The Labute approximate surface area is 188 Å². The van der Waals surface area contributed by atoms with E-state index in [-0.39, 0.29) is 46.7 Å². The van der Waals surface area contributed by atoms with Crippen LogP contribution in [0.2, 0.25) is 22.2 Å². The Balaban J connectivity index is 1.93. The fraction of sp³-hybridized carbons (Fsp3) is 0.905. The molecule has 0 aromatic rings. The van der Waals surface area contributed by atoms with Gasteiger partial charge in [-0.05, 0) is 22.2 Å². The molecule has 8 nitrogen and oxygen atoms in total. The maximum Gasteiger partial charge on any atom is 0.335 e. The van der Waals surface area contributed by atoms with Crippen molar-refractivity contribution < 1.29 is 27.3 Å². The summed E-state index contributed by atoms with van der Waals surface area (Å²) >= 11 is 0. The summed E-state index contributed by atoms with van der Waals surface area (Å²) in [6, 6.07) is -0.392. The van der Waals surface area contributed by atoms with Crippen molar-refractivity contribution in [2.24, 2.45) is 0 Å². The first-order valence-corrected chi connectivity index (χ1v) is 15.6. The van der Waals surface area contributed by atoms with Crippen LogP contribution in [0.1, 0.15) is 68.2 Å². The average molecular weight is 473 g/mol. The molecule has 0 radical (unpaired) electrons. The fourth-order valence-corrected chi connectivity index (χ4v) is 16.4. The lowest BCUT2D eigenvalue weighted by atomic mass is 10.2. The molecule has 0 aliphatic carbocycles. The fourth-order valence-electron chi connectivity index (χ4n) is 5.18. The van der Waals surface area contributed by atoms with Crippen molar-refractivity contribution in [1.82, 2.24) is 10.2 Å². The highest BCUT2D eigenvalue weighted by Gasteiger charge is 2.60. The zero-order valence-electron chi connectivity index (χ0n) is 20.3. The molecule has 0 bridgehead atoms. The van der Waals surface area contributed by atoms with E-state index in [0.717, 1.165) is 0 Å². The standard InChI is InChI=1S/C21H40N2O6Si2/c1-13(2)30(14(3)4)26-12-18-17(28-31(29-30,15(5)6)16(7)8)11-20(27-18)23-10-9-19(24)22-21(23)25/h13-18,20H,9-12H2,1-8H3,(H,22,24,25). The molecule has 3 heterocycles. The zero-order chi connectivity index (χ0) is 23.1. The quantitative estimate of drug-likeness (QED) is 0.609. The number of hydrogen-bond donors (Lipinski definition) is 1. The number of rotatable bonds is 5. The second kappa shape index (κ2) is 9.22. The Hall–Kier alpha value is -0.786. The maximum atomic E-state index is 12.4. The van der Waals surface area contributed by atoms with Crippen molar-refractivity contribution in [3.8, 4) is 0 Å². The largest absolute Gasteiger partial charge is 0.414 e. The second-order valence-electron chi connectivity index (χ2n) is 10.3. The minimum atomic E-state index is -2.69. The van der Waals surface area contributed by atoms with Crippen LogP contribution in [-0.2, 0) is 22.5 Å². The predicted molar refractivity (Wildman–Crippen MR) is 122 cm³/mol. The molecule has 0 aromatic carbocycles. The minimum Gasteiger partial charge on any atom is -0.414 e. The van der Waals surface area contributed by atoms with Crippen LogP contribution in [-0.4, -0.2) is 65.5 Å². The van der Waals surface area contributed by atoms with Crippen LogP contribution in [0, 0.1) is 0 Å². The van der Waals surface area contributed by atoms with Gasteiger partial charge in [-0.15, -0.1) is 0 Å². The first kappa shape index (κ1) is 24.8. The Bertz CT molecular complexity index is 671. The summed E-state index contributed by atoms with van der Waals surface area (Å²) in [5.41, 5.74) is 1.03. The highest BCUT2D eigenvalue weighted by Crippen LogP contribution is 2.47. The van der Waals surface area contributed by atoms with E-state index in [0.29, 0.717) is 19.6 Å². The number of nitrogens with zero attached hydrogens (tertiary/aromatic N) is 1. The van der Waals surface area contributed by atoms with Crippen molar-refractivity contribution >= 4 is 29.1 Å². The van der Waals surface area contributed by atoms with Crippen LogP contribution in [0.25, 0.3) is 0 Å². The van der Waals surface area contributed by atoms with Crippen molar-refractivity contribution in [3.05, 3.63) is 0 Å². The van der Waals surface area contributed by atoms with E-state index in [1.165, 1.54) is 0 Å². The van der Waals surface area contributed by atoms with Crippen molar-refractivity contribution in [1.29, 1.82) is 0 Å². The Morgan fingerprint density at radius 1 is 0.903 bits per heavy atom. The van der Waals surface area contributed by atoms with E-state index < -0.39 is 29.4 Å². The van der Waals surface area contributed by atoms with Crippen LogP contribution in [0.4, 0.5) is 4.79 Å². The highest BCUT2D eigenvalue weighted by molar-refractivity contribution is 6.83. The SMILES string of the molecule is CC(C)[Si]1(C(C)C)OCC2OC(N3CCC(=O)NC3=O)CC2O[Si](C(C)C)(C(C)C)O1. The van der Waals surface area contributed by atoms with Gasteiger partial charge in [-0.25, -0.2) is 4.79 Å². The summed E-state index contributed by atoms with van der Waals surface area (Å²) in [5.74, 6) is -0.242. The molecule has 3 aliphatic rings. The van der Waals surface area contributed by atoms with Gasteiger partial charge in [0.25, 0.3) is 0 Å². The monoisotopic (exact) mass is 472 g/mol. The van der Waals surface area contributed by atoms with Gasteiger partial charge in [-0.3, -0.25) is 15.0 Å². The normalized spacial score (nSPS) is 31.2. The number of carbonyl (C=O) groups excluding carboxylic acids is 2. The van der Waals surface area contributed by atoms with Crippen LogP contribution in [0.5, 0.6) is 0 Å². The van der Waals surface area contributed by atoms with Gasteiger partial charge in [0.2, 0.25) is 5.91 Å². The van der Waals surface area contributed by atoms with Crippen molar-refractivity contribution in [2.45, 2.75) is 109 Å². The topological polar surface area (TPSA) is 86.3 Å². The molecule has 3 unspecified atom stereocenters. The van der Waals surface area contributed by atoms with Crippen molar-refractivity contribution in [3.63, 3.8) is 0 Å². The Morgan fingerprint density at radius 3 is 2.00 bits per heavy atom. The summed E-state index contributed by atoms with van der Waals surface area (Å²) < 4.78 is 27.2. The molecule has 1 N–H and O–H groups in total. The van der Waals surface area contributed by atoms with Gasteiger partial charge in [-0.1, -0.05) is 55.4 Å². The number of carbonyl (C=O) groups is 2. The third-order valence-electron chi connectivity index (χ3n) is 6.96. The van der Waals surface area contributed by atoms with Gasteiger partial charge in [0.15, 0.2) is 0 Å². The molecule has 3 aliphatic heterocycles. The smallest absolute Gasteiger partial charge is 0.335 e. The Morgan fingerprint density at radius 2 is 1.48 bits per heavy atom. The maximum absolute atomic E-state index is 12.4. The third kappa shape index (κ3) is 4.52. The first-order chi connectivity index (χ1) is 14.4. The highest BCUT2D eigenvalue weighted by atomic mass is 28.5. The van der Waals surface area contributed by atoms with Gasteiger partial charge in [0.05, 0.1) is 12.7 Å². The molecule has 31 heavy (non-hydrogen) atoms. The molecular formula is C21H40N2O6Si2. The van der Waals surface area contributed by atoms with Crippen molar-refractivity contribution in [2.75, 3.05) is 13.2 Å². The lowest BCUT2D eigenvalue weighted by molar-refractivity contribution is -0.124. The second-order valence-corrected chi connectivity index (χ2v) is 19.1. The summed E-state index contributed by atoms with van der Waals surface area (Å²) in [7, 11) is -5.30. The molecular weight excluding hydrogens is 432 g/mol. The van der Waals surface area contributed by atoms with Gasteiger partial charge in [0.1, 0.15) is 12.3 Å². The van der Waals surface area contributed by atoms with Crippen LogP contribution >= 0.6 is 0 Å². The average Bonchev–Trinajstić information content (AvgIpc) is 3.02. The number of urea groups is 1. The minimum absolute atomic E-state index is 0.196. The van der Waals surface area contributed by atoms with E-state index in [4.69, 9.17) is 17.7 Å². The molecule has 3 atom stereocenters. The molecule has 10 heteroatoms. The summed E-state index contributed by atoms with van der Waals surface area (Å²) in [6.45, 7) is 18.3. The molecule has 3 saturated heterocycles. The number of ether oxygens (including phenoxy) is 1. The van der Waals surface area contributed by atoms with E-state index in [9.17, 15) is 9.59 Å². The molecule has 178 valence electrons. The third-order valence-corrected chi connectivity index (χ3v) is 17.2. The van der Waals surface area contributed by atoms with E-state index >= 15 is 0 Å². The molecule has 3 rings (SSSR count). The van der Waals surface area contributed by atoms with Crippen LogP contribution in [0.3, 0.4) is 0 Å². The zero-order valence-corrected chi connectivity index (χ0v) is 22.3. The molecule has 0 aromatic heterocycles. The summed E-state index contributed by atoms with van der Waals surface area (Å²) in [4.78, 5) is 25.6. The number of fused-ring (bicyclic) bond motifs is 1. The predicted octanol–water partition coefficient (Wildman–Crippen LogP) is 4.00. The van der Waals surface area contributed by atoms with Gasteiger partial charge in [0, 0.05) is 19.4 Å². The Kier molecular flexibility index (Phi) is 7.39. The van der Waals surface area contributed by atoms with Gasteiger partial charge >= 0.3 is 23.2 Å². The molecule has 3 fully saturated rings. The lowest BCUT2D eigenvalue weighted by Gasteiger charge is -2.51. The molecule has 3 amide bonds. The van der Waals surface area contributed by atoms with Crippen LogP contribution in [0.15, 0.2) is 0 Å². The number of amides is 3.